The highest BCUT2D eigenvalue weighted by Crippen LogP contribution is 2.21. The van der Waals surface area contributed by atoms with Gasteiger partial charge in [0.15, 0.2) is 0 Å². The van der Waals surface area contributed by atoms with Crippen molar-refractivity contribution in [1.82, 2.24) is 19.7 Å². The Morgan fingerprint density at radius 3 is 2.88 bits per heavy atom. The predicted octanol–water partition coefficient (Wildman–Crippen LogP) is 0.816. The molecule has 1 aliphatic heterocycles. The quantitative estimate of drug-likeness (QED) is 0.825. The number of aromatic nitrogens is 3. The van der Waals surface area contributed by atoms with E-state index in [0.29, 0.717) is 6.04 Å². The topological polar surface area (TPSA) is 54.2 Å². The van der Waals surface area contributed by atoms with E-state index in [1.165, 1.54) is 0 Å². The van der Waals surface area contributed by atoms with Crippen LogP contribution in [0.15, 0.2) is 6.33 Å². The van der Waals surface area contributed by atoms with Gasteiger partial charge in [0.1, 0.15) is 12.2 Å². The van der Waals surface area contributed by atoms with Crippen LogP contribution in [0, 0.1) is 0 Å². The number of hydrogen-bond acceptors (Lipinski definition) is 4. The van der Waals surface area contributed by atoms with E-state index in [1.807, 2.05) is 11.6 Å². The van der Waals surface area contributed by atoms with Crippen LogP contribution in [0.2, 0.25) is 0 Å². The van der Waals surface area contributed by atoms with Crippen LogP contribution in [0.25, 0.3) is 0 Å². The Balaban J connectivity index is 2.02. The van der Waals surface area contributed by atoms with Crippen molar-refractivity contribution in [3.05, 3.63) is 12.2 Å². The summed E-state index contributed by atoms with van der Waals surface area (Å²) in [5.74, 6) is 0.979. The molecule has 1 N–H and O–H groups in total. The SMILES string of the molecule is CC(C)n1ncnc1CN1CCC(C)(O)C1. The number of hydrogen-bond donors (Lipinski definition) is 1. The molecule has 2 heterocycles. The van der Waals surface area contributed by atoms with Crippen LogP contribution in [0.5, 0.6) is 0 Å². The molecule has 1 unspecified atom stereocenters. The number of nitrogens with zero attached hydrogens (tertiary/aromatic N) is 4. The van der Waals surface area contributed by atoms with E-state index < -0.39 is 5.60 Å². The average Bonchev–Trinajstić information content (AvgIpc) is 2.73. The summed E-state index contributed by atoms with van der Waals surface area (Å²) in [7, 11) is 0. The molecule has 1 aromatic rings. The lowest BCUT2D eigenvalue weighted by Gasteiger charge is -2.19. The molecule has 0 spiro atoms. The lowest BCUT2D eigenvalue weighted by Crippen LogP contribution is -2.30. The van der Waals surface area contributed by atoms with Crippen molar-refractivity contribution < 1.29 is 5.11 Å². The maximum absolute atomic E-state index is 9.89. The fraction of sp³-hybridized carbons (Fsp3) is 0.818. The molecule has 5 heteroatoms. The lowest BCUT2D eigenvalue weighted by molar-refractivity contribution is 0.0673. The van der Waals surface area contributed by atoms with E-state index in [4.69, 9.17) is 0 Å². The van der Waals surface area contributed by atoms with Crippen LogP contribution < -0.4 is 0 Å². The highest BCUT2D eigenvalue weighted by Gasteiger charge is 2.31. The van der Waals surface area contributed by atoms with E-state index in [-0.39, 0.29) is 0 Å². The van der Waals surface area contributed by atoms with Crippen molar-refractivity contribution in [3.8, 4) is 0 Å². The smallest absolute Gasteiger partial charge is 0.141 e. The average molecular weight is 224 g/mol. The molecule has 1 aromatic heterocycles. The normalized spacial score (nSPS) is 26.8. The van der Waals surface area contributed by atoms with Crippen molar-refractivity contribution in [2.45, 2.75) is 45.4 Å². The lowest BCUT2D eigenvalue weighted by atomic mass is 10.1. The van der Waals surface area contributed by atoms with Crippen molar-refractivity contribution in [2.24, 2.45) is 0 Å². The third kappa shape index (κ3) is 2.41. The molecule has 0 aromatic carbocycles. The van der Waals surface area contributed by atoms with Crippen molar-refractivity contribution >= 4 is 0 Å². The number of aliphatic hydroxyl groups is 1. The second kappa shape index (κ2) is 4.14. The molecule has 0 radical (unpaired) electrons. The third-order valence-corrected chi connectivity index (χ3v) is 3.03. The van der Waals surface area contributed by atoms with Crippen LogP contribution in [0.1, 0.15) is 39.1 Å². The molecule has 5 nitrogen and oxygen atoms in total. The van der Waals surface area contributed by atoms with Gasteiger partial charge >= 0.3 is 0 Å². The summed E-state index contributed by atoms with van der Waals surface area (Å²) in [6.45, 7) is 8.50. The van der Waals surface area contributed by atoms with Gasteiger partial charge in [-0.1, -0.05) is 0 Å². The van der Waals surface area contributed by atoms with Gasteiger partial charge in [-0.05, 0) is 27.2 Å². The molecule has 0 bridgehead atoms. The molecule has 2 rings (SSSR count). The number of likely N-dealkylation sites (tertiary alicyclic amines) is 1. The van der Waals surface area contributed by atoms with Gasteiger partial charge in [0.25, 0.3) is 0 Å². The molecule has 1 aliphatic rings. The Bertz CT molecular complexity index is 359. The maximum Gasteiger partial charge on any atom is 0.141 e. The summed E-state index contributed by atoms with van der Waals surface area (Å²) in [4.78, 5) is 6.50. The van der Waals surface area contributed by atoms with Crippen LogP contribution in [0.4, 0.5) is 0 Å². The van der Waals surface area contributed by atoms with Gasteiger partial charge in [-0.15, -0.1) is 0 Å². The summed E-state index contributed by atoms with van der Waals surface area (Å²) in [5.41, 5.74) is -0.539. The largest absolute Gasteiger partial charge is 0.389 e. The van der Waals surface area contributed by atoms with Crippen LogP contribution in [-0.2, 0) is 6.54 Å². The first-order valence-electron chi connectivity index (χ1n) is 5.81. The first-order chi connectivity index (χ1) is 7.48. The van der Waals surface area contributed by atoms with Crippen LogP contribution in [-0.4, -0.2) is 43.5 Å². The fourth-order valence-electron chi connectivity index (χ4n) is 2.19. The minimum absolute atomic E-state index is 0.334. The van der Waals surface area contributed by atoms with E-state index in [2.05, 4.69) is 28.8 Å². The van der Waals surface area contributed by atoms with Gasteiger partial charge in [0, 0.05) is 19.1 Å². The number of rotatable bonds is 3. The molecular weight excluding hydrogens is 204 g/mol. The monoisotopic (exact) mass is 224 g/mol. The molecule has 1 saturated heterocycles. The highest BCUT2D eigenvalue weighted by molar-refractivity contribution is 4.92. The molecule has 1 fully saturated rings. The molecule has 0 amide bonds. The van der Waals surface area contributed by atoms with Crippen LogP contribution in [0.3, 0.4) is 0 Å². The minimum Gasteiger partial charge on any atom is -0.389 e. The van der Waals surface area contributed by atoms with E-state index in [9.17, 15) is 5.11 Å². The second-order valence-corrected chi connectivity index (χ2v) is 5.17. The molecule has 0 saturated carbocycles. The first kappa shape index (κ1) is 11.5. The van der Waals surface area contributed by atoms with Crippen molar-refractivity contribution in [1.29, 1.82) is 0 Å². The van der Waals surface area contributed by atoms with Gasteiger partial charge in [-0.25, -0.2) is 9.67 Å². The molecule has 90 valence electrons. The Labute approximate surface area is 96.1 Å². The van der Waals surface area contributed by atoms with Gasteiger partial charge in [0.2, 0.25) is 0 Å². The Morgan fingerprint density at radius 1 is 1.56 bits per heavy atom. The molecule has 0 aliphatic carbocycles. The van der Waals surface area contributed by atoms with Gasteiger partial charge in [0.05, 0.1) is 12.1 Å². The summed E-state index contributed by atoms with van der Waals surface area (Å²) >= 11 is 0. The zero-order valence-corrected chi connectivity index (χ0v) is 10.2. The van der Waals surface area contributed by atoms with E-state index >= 15 is 0 Å². The van der Waals surface area contributed by atoms with Crippen LogP contribution >= 0.6 is 0 Å². The first-order valence-corrected chi connectivity index (χ1v) is 5.81. The highest BCUT2D eigenvalue weighted by atomic mass is 16.3. The summed E-state index contributed by atoms with van der Waals surface area (Å²) in [6, 6.07) is 0.334. The minimum atomic E-state index is -0.539. The van der Waals surface area contributed by atoms with E-state index in [1.54, 1.807) is 6.33 Å². The zero-order valence-electron chi connectivity index (χ0n) is 10.2. The zero-order chi connectivity index (χ0) is 11.8. The fourth-order valence-corrected chi connectivity index (χ4v) is 2.19. The second-order valence-electron chi connectivity index (χ2n) is 5.17. The van der Waals surface area contributed by atoms with Gasteiger partial charge < -0.3 is 5.11 Å². The molecular formula is C11H20N4O. The van der Waals surface area contributed by atoms with Crippen molar-refractivity contribution in [2.75, 3.05) is 13.1 Å². The Morgan fingerprint density at radius 2 is 2.31 bits per heavy atom. The Kier molecular flexibility index (Phi) is 2.99. The summed E-state index contributed by atoms with van der Waals surface area (Å²) < 4.78 is 1.94. The van der Waals surface area contributed by atoms with Gasteiger partial charge in [-0.3, -0.25) is 4.90 Å². The van der Waals surface area contributed by atoms with E-state index in [0.717, 1.165) is 31.9 Å². The predicted molar refractivity (Wildman–Crippen MR) is 60.9 cm³/mol. The number of β-amino-alcohol motifs (C(OH)–C–C–N with tert-alkyl or cyclic N) is 1. The van der Waals surface area contributed by atoms with Crippen molar-refractivity contribution in [3.63, 3.8) is 0 Å². The maximum atomic E-state index is 9.89. The third-order valence-electron chi connectivity index (χ3n) is 3.03. The molecule has 16 heavy (non-hydrogen) atoms. The molecule has 1 atom stereocenters. The van der Waals surface area contributed by atoms with Gasteiger partial charge in [-0.2, -0.15) is 5.10 Å². The summed E-state index contributed by atoms with van der Waals surface area (Å²) in [5, 5.41) is 14.1. The standard InChI is InChI=1S/C11H20N4O/c1-9(2)15-10(12-8-13-15)6-14-5-4-11(3,16)7-14/h8-9,16H,4-7H2,1-3H3. The summed E-state index contributed by atoms with van der Waals surface area (Å²) in [6.07, 6.45) is 2.44. The Hall–Kier alpha value is -0.940.